The Morgan fingerprint density at radius 3 is 2.61 bits per heavy atom. The Morgan fingerprint density at radius 2 is 1.81 bits per heavy atom. The minimum Gasteiger partial charge on any atom is -0.462 e. The Morgan fingerprint density at radius 1 is 1.00 bits per heavy atom. The number of benzene rings is 2. The fourth-order valence-corrected chi connectivity index (χ4v) is 3.97. The van der Waals surface area contributed by atoms with Gasteiger partial charge in [0.15, 0.2) is 6.29 Å². The lowest BCUT2D eigenvalue weighted by Gasteiger charge is -2.46. The summed E-state index contributed by atoms with van der Waals surface area (Å²) in [5.74, 6) is 0.329. The van der Waals surface area contributed by atoms with Gasteiger partial charge in [0.25, 0.3) is 0 Å². The molecule has 2 aliphatic rings. The molecule has 0 bridgehead atoms. The molecule has 3 aromatic rings. The topological polar surface area (TPSA) is 108 Å². The van der Waals surface area contributed by atoms with Crippen molar-refractivity contribution >= 4 is 11.0 Å². The number of hydrogen-bond acceptors (Lipinski definition) is 8. The van der Waals surface area contributed by atoms with Crippen LogP contribution < -0.4 is 10.4 Å². The van der Waals surface area contributed by atoms with Crippen molar-refractivity contribution in [1.82, 2.24) is 0 Å². The summed E-state index contributed by atoms with van der Waals surface area (Å²) in [6, 6.07) is 15.8. The van der Waals surface area contributed by atoms with Crippen LogP contribution in [-0.4, -0.2) is 47.5 Å². The SMILES string of the molecule is Cc1cc(=O)oc2cc(O[C@@H]3O[C@@H]4COC(c5ccccc5)O[C@@H]4[C@H](O)[C@H]3O)ccc12. The summed E-state index contributed by atoms with van der Waals surface area (Å²) in [4.78, 5) is 11.7. The van der Waals surface area contributed by atoms with E-state index in [2.05, 4.69) is 0 Å². The van der Waals surface area contributed by atoms with Crippen LogP contribution in [0.3, 0.4) is 0 Å². The van der Waals surface area contributed by atoms with E-state index in [0.29, 0.717) is 11.3 Å². The smallest absolute Gasteiger partial charge is 0.336 e. The van der Waals surface area contributed by atoms with Crippen LogP contribution in [0.4, 0.5) is 0 Å². The van der Waals surface area contributed by atoms with Crippen LogP contribution >= 0.6 is 0 Å². The number of rotatable bonds is 3. The van der Waals surface area contributed by atoms with E-state index in [0.717, 1.165) is 16.5 Å². The fraction of sp³-hybridized carbons (Fsp3) is 0.348. The van der Waals surface area contributed by atoms with Gasteiger partial charge in [0.05, 0.1) is 6.61 Å². The van der Waals surface area contributed by atoms with Crippen LogP contribution in [0.2, 0.25) is 0 Å². The molecular formula is C23H22O8. The second kappa shape index (κ2) is 8.07. The molecule has 8 heteroatoms. The standard InChI is InChI=1S/C23H22O8/c1-12-9-18(24)29-16-10-14(7-8-15(12)16)28-23-20(26)19(25)21-17(30-23)11-27-22(31-21)13-5-3-2-4-6-13/h2-10,17,19-23,25-26H,11H2,1H3/t17-,19-,20-,21+,22?,23-/m1/s1. The van der Waals surface area contributed by atoms with E-state index < -0.39 is 42.6 Å². The van der Waals surface area contributed by atoms with E-state index in [1.165, 1.54) is 6.07 Å². The monoisotopic (exact) mass is 426 g/mol. The van der Waals surface area contributed by atoms with Crippen LogP contribution in [-0.2, 0) is 14.2 Å². The number of hydrogen-bond donors (Lipinski definition) is 2. The lowest BCUT2D eigenvalue weighted by Crippen LogP contribution is -2.62. The molecule has 0 amide bonds. The largest absolute Gasteiger partial charge is 0.462 e. The van der Waals surface area contributed by atoms with E-state index >= 15 is 0 Å². The molecule has 5 rings (SSSR count). The van der Waals surface area contributed by atoms with E-state index in [9.17, 15) is 15.0 Å². The van der Waals surface area contributed by atoms with Crippen molar-refractivity contribution in [2.75, 3.05) is 6.61 Å². The van der Waals surface area contributed by atoms with Crippen LogP contribution in [0.5, 0.6) is 5.75 Å². The highest BCUT2D eigenvalue weighted by atomic mass is 16.8. The van der Waals surface area contributed by atoms with Gasteiger partial charge in [-0.25, -0.2) is 4.79 Å². The Kier molecular flexibility index (Phi) is 5.25. The average molecular weight is 426 g/mol. The molecule has 162 valence electrons. The number of fused-ring (bicyclic) bond motifs is 2. The van der Waals surface area contributed by atoms with Gasteiger partial charge in [-0.05, 0) is 24.6 Å². The first-order chi connectivity index (χ1) is 15.0. The molecule has 2 aromatic carbocycles. The Hall–Kier alpha value is -2.75. The number of ether oxygens (including phenoxy) is 4. The van der Waals surface area contributed by atoms with Crippen molar-refractivity contribution < 1.29 is 33.6 Å². The second-order valence-corrected chi connectivity index (χ2v) is 7.73. The van der Waals surface area contributed by atoms with Crippen LogP contribution in [0.25, 0.3) is 11.0 Å². The highest BCUT2D eigenvalue weighted by molar-refractivity contribution is 5.81. The maximum atomic E-state index is 11.7. The van der Waals surface area contributed by atoms with E-state index in [1.54, 1.807) is 18.2 Å². The van der Waals surface area contributed by atoms with Gasteiger partial charge in [0.2, 0.25) is 6.29 Å². The van der Waals surface area contributed by atoms with Gasteiger partial charge in [0.1, 0.15) is 35.7 Å². The zero-order valence-corrected chi connectivity index (χ0v) is 16.7. The first-order valence-corrected chi connectivity index (χ1v) is 10.0. The molecule has 3 heterocycles. The predicted octanol–water partition coefficient (Wildman–Crippen LogP) is 2.04. The van der Waals surface area contributed by atoms with Crippen LogP contribution in [0, 0.1) is 6.92 Å². The first kappa shape index (κ1) is 20.2. The van der Waals surface area contributed by atoms with Gasteiger partial charge in [-0.15, -0.1) is 0 Å². The summed E-state index contributed by atoms with van der Waals surface area (Å²) < 4.78 is 28.5. The maximum Gasteiger partial charge on any atom is 0.336 e. The summed E-state index contributed by atoms with van der Waals surface area (Å²) in [6.45, 7) is 1.98. The number of aliphatic hydroxyl groups excluding tert-OH is 2. The first-order valence-electron chi connectivity index (χ1n) is 10.0. The molecule has 2 N–H and O–H groups in total. The molecule has 1 aromatic heterocycles. The number of aliphatic hydroxyl groups is 2. The van der Waals surface area contributed by atoms with Crippen LogP contribution in [0.15, 0.2) is 63.8 Å². The highest BCUT2D eigenvalue weighted by Gasteiger charge is 2.49. The molecule has 2 aliphatic heterocycles. The normalized spacial score (nSPS) is 30.7. The van der Waals surface area contributed by atoms with Gasteiger partial charge in [-0.1, -0.05) is 30.3 Å². The summed E-state index contributed by atoms with van der Waals surface area (Å²) in [6.07, 6.45) is -5.78. The third-order valence-corrected chi connectivity index (χ3v) is 5.58. The highest BCUT2D eigenvalue weighted by Crippen LogP contribution is 2.35. The van der Waals surface area contributed by atoms with Crippen molar-refractivity contribution in [2.45, 2.75) is 43.9 Å². The van der Waals surface area contributed by atoms with Crippen molar-refractivity contribution in [3.05, 3.63) is 76.1 Å². The van der Waals surface area contributed by atoms with Crippen molar-refractivity contribution in [1.29, 1.82) is 0 Å². The molecule has 0 saturated carbocycles. The van der Waals surface area contributed by atoms with Gasteiger partial charge in [-0.2, -0.15) is 0 Å². The van der Waals surface area contributed by atoms with Crippen molar-refractivity contribution in [3.8, 4) is 5.75 Å². The van der Waals surface area contributed by atoms with Crippen molar-refractivity contribution in [3.63, 3.8) is 0 Å². The molecule has 31 heavy (non-hydrogen) atoms. The molecule has 6 atom stereocenters. The summed E-state index contributed by atoms with van der Waals surface area (Å²) >= 11 is 0. The van der Waals surface area contributed by atoms with Gasteiger partial charge in [0, 0.05) is 23.1 Å². The molecular weight excluding hydrogens is 404 g/mol. The zero-order valence-electron chi connectivity index (χ0n) is 16.7. The Balaban J connectivity index is 1.33. The molecule has 0 spiro atoms. The quantitative estimate of drug-likeness (QED) is 0.613. The van der Waals surface area contributed by atoms with E-state index in [-0.39, 0.29) is 6.61 Å². The Labute approximate surface area is 177 Å². The molecule has 0 aliphatic carbocycles. The fourth-order valence-electron chi connectivity index (χ4n) is 3.97. The summed E-state index contributed by atoms with van der Waals surface area (Å²) in [7, 11) is 0. The molecule has 1 unspecified atom stereocenters. The molecule has 2 saturated heterocycles. The second-order valence-electron chi connectivity index (χ2n) is 7.73. The molecule has 0 radical (unpaired) electrons. The summed E-state index contributed by atoms with van der Waals surface area (Å²) in [5, 5.41) is 22.1. The van der Waals surface area contributed by atoms with Crippen molar-refractivity contribution in [2.24, 2.45) is 0 Å². The van der Waals surface area contributed by atoms with E-state index in [1.807, 2.05) is 37.3 Å². The van der Waals surface area contributed by atoms with E-state index in [4.69, 9.17) is 23.4 Å². The maximum absolute atomic E-state index is 11.7. The predicted molar refractivity (Wildman–Crippen MR) is 109 cm³/mol. The average Bonchev–Trinajstić information content (AvgIpc) is 2.77. The van der Waals surface area contributed by atoms with Crippen LogP contribution in [0.1, 0.15) is 17.4 Å². The summed E-state index contributed by atoms with van der Waals surface area (Å²) in [5.41, 5.74) is 1.50. The minimum absolute atomic E-state index is 0.166. The molecule has 8 nitrogen and oxygen atoms in total. The minimum atomic E-state index is -1.35. The number of aryl methyl sites for hydroxylation is 1. The third kappa shape index (κ3) is 3.84. The Bertz CT molecular complexity index is 1130. The lowest BCUT2D eigenvalue weighted by molar-refractivity contribution is -0.350. The lowest BCUT2D eigenvalue weighted by atomic mass is 9.98. The van der Waals surface area contributed by atoms with Gasteiger partial charge in [-0.3, -0.25) is 0 Å². The third-order valence-electron chi connectivity index (χ3n) is 5.58. The van der Waals surface area contributed by atoms with Gasteiger partial charge < -0.3 is 33.6 Å². The van der Waals surface area contributed by atoms with Gasteiger partial charge >= 0.3 is 5.63 Å². The zero-order chi connectivity index (χ0) is 21.5. The molecule has 2 fully saturated rings.